The molecule has 8 heteroatoms. The summed E-state index contributed by atoms with van der Waals surface area (Å²) < 4.78 is 24.4. The molecule has 0 aromatic heterocycles. The Morgan fingerprint density at radius 1 is 1.15 bits per heavy atom. The molecule has 1 rings (SSSR count). The molecule has 2 N–H and O–H groups in total. The fourth-order valence-corrected chi connectivity index (χ4v) is 2.89. The van der Waals surface area contributed by atoms with Gasteiger partial charge in [0.25, 0.3) is 0 Å². The second kappa shape index (κ2) is 7.06. The molecule has 1 amide bonds. The minimum atomic E-state index is -3.18. The van der Waals surface area contributed by atoms with Crippen LogP contribution >= 0.6 is 12.4 Å². The van der Waals surface area contributed by atoms with E-state index in [-0.39, 0.29) is 23.7 Å². The highest BCUT2D eigenvalue weighted by molar-refractivity contribution is 7.88. The molecule has 1 aliphatic heterocycles. The second-order valence-corrected chi connectivity index (χ2v) is 8.17. The molecule has 0 saturated carbocycles. The number of carbonyl (C=O) groups excluding carboxylic acids is 1. The Bertz CT molecular complexity index is 434. The predicted molar refractivity (Wildman–Crippen MR) is 82.3 cm³/mol. The van der Waals surface area contributed by atoms with Gasteiger partial charge in [-0.15, -0.1) is 12.4 Å². The molecular formula is C12H26ClN3O3S. The topological polar surface area (TPSA) is 83.7 Å². The number of halogens is 1. The van der Waals surface area contributed by atoms with Crippen LogP contribution in [0, 0.1) is 5.41 Å². The molecule has 0 aromatic carbocycles. The third kappa shape index (κ3) is 5.20. The van der Waals surface area contributed by atoms with E-state index in [0.29, 0.717) is 32.6 Å². The first kappa shape index (κ1) is 19.6. The molecule has 6 nitrogen and oxygen atoms in total. The van der Waals surface area contributed by atoms with E-state index in [1.165, 1.54) is 10.6 Å². The van der Waals surface area contributed by atoms with Crippen molar-refractivity contribution in [2.45, 2.75) is 33.2 Å². The van der Waals surface area contributed by atoms with Gasteiger partial charge in [0, 0.05) is 26.2 Å². The molecule has 1 saturated heterocycles. The van der Waals surface area contributed by atoms with Crippen molar-refractivity contribution < 1.29 is 13.2 Å². The normalized spacial score (nSPS) is 19.9. The number of nitrogens with zero attached hydrogens (tertiary/aromatic N) is 2. The molecule has 0 bridgehead atoms. The van der Waals surface area contributed by atoms with Crippen molar-refractivity contribution in [3.63, 3.8) is 0 Å². The predicted octanol–water partition coefficient (Wildman–Crippen LogP) is 0.276. The van der Waals surface area contributed by atoms with E-state index in [4.69, 9.17) is 5.73 Å². The third-order valence-electron chi connectivity index (χ3n) is 3.43. The van der Waals surface area contributed by atoms with Crippen LogP contribution in [0.2, 0.25) is 0 Å². The molecule has 0 aromatic rings. The van der Waals surface area contributed by atoms with Crippen LogP contribution in [0.3, 0.4) is 0 Å². The summed E-state index contributed by atoms with van der Waals surface area (Å²) in [4.78, 5) is 14.0. The van der Waals surface area contributed by atoms with Crippen LogP contribution in [-0.2, 0) is 14.8 Å². The Morgan fingerprint density at radius 2 is 1.70 bits per heavy atom. The van der Waals surface area contributed by atoms with Gasteiger partial charge < -0.3 is 10.6 Å². The number of hydrogen-bond acceptors (Lipinski definition) is 4. The van der Waals surface area contributed by atoms with E-state index < -0.39 is 16.1 Å². The minimum absolute atomic E-state index is 0. The molecule has 0 aliphatic carbocycles. The fraction of sp³-hybridized carbons (Fsp3) is 0.917. The first-order valence-electron chi connectivity index (χ1n) is 6.53. The summed E-state index contributed by atoms with van der Waals surface area (Å²) in [5.74, 6) is -0.0946. The lowest BCUT2D eigenvalue weighted by Gasteiger charge is -2.31. The lowest BCUT2D eigenvalue weighted by Crippen LogP contribution is -2.51. The van der Waals surface area contributed by atoms with Crippen molar-refractivity contribution >= 4 is 28.3 Å². The number of amides is 1. The lowest BCUT2D eigenvalue weighted by molar-refractivity contribution is -0.134. The van der Waals surface area contributed by atoms with Gasteiger partial charge >= 0.3 is 0 Å². The number of hydrogen-bond donors (Lipinski definition) is 1. The highest BCUT2D eigenvalue weighted by Gasteiger charge is 2.32. The summed E-state index contributed by atoms with van der Waals surface area (Å²) in [7, 11) is -3.18. The number of carbonyl (C=O) groups is 1. The molecule has 1 heterocycles. The summed E-state index contributed by atoms with van der Waals surface area (Å²) in [5, 5.41) is 0. The first-order chi connectivity index (χ1) is 8.53. The first-order valence-corrected chi connectivity index (χ1v) is 8.38. The molecule has 1 fully saturated rings. The second-order valence-electron chi connectivity index (χ2n) is 6.18. The maximum Gasteiger partial charge on any atom is 0.240 e. The van der Waals surface area contributed by atoms with Gasteiger partial charge in [-0.25, -0.2) is 12.7 Å². The number of nitrogens with two attached hydrogens (primary N) is 1. The van der Waals surface area contributed by atoms with Gasteiger partial charge in [-0.1, -0.05) is 20.8 Å². The van der Waals surface area contributed by atoms with Gasteiger partial charge in [-0.3, -0.25) is 4.79 Å². The summed E-state index contributed by atoms with van der Waals surface area (Å²) in [6.45, 7) is 7.57. The van der Waals surface area contributed by atoms with Crippen LogP contribution in [-0.4, -0.2) is 62.0 Å². The molecule has 120 valence electrons. The van der Waals surface area contributed by atoms with E-state index >= 15 is 0 Å². The molecule has 0 radical (unpaired) electrons. The van der Waals surface area contributed by atoms with Crippen molar-refractivity contribution in [3.8, 4) is 0 Å². The van der Waals surface area contributed by atoms with Gasteiger partial charge in [0.05, 0.1) is 12.3 Å². The van der Waals surface area contributed by atoms with E-state index in [1.54, 1.807) is 4.90 Å². The molecule has 1 aliphatic rings. The Hall–Kier alpha value is -0.370. The smallest absolute Gasteiger partial charge is 0.240 e. The SMILES string of the molecule is CC(C)(C)[C@H](N)C(=O)N1CCCN(S(C)(=O)=O)CC1.Cl. The van der Waals surface area contributed by atoms with Crippen LogP contribution in [0.1, 0.15) is 27.2 Å². The van der Waals surface area contributed by atoms with Crippen molar-refractivity contribution in [1.82, 2.24) is 9.21 Å². The lowest BCUT2D eigenvalue weighted by atomic mass is 9.86. The van der Waals surface area contributed by atoms with Crippen LogP contribution < -0.4 is 5.73 Å². The quantitative estimate of drug-likeness (QED) is 0.789. The average Bonchev–Trinajstić information content (AvgIpc) is 2.50. The van der Waals surface area contributed by atoms with Gasteiger partial charge in [0.1, 0.15) is 0 Å². The maximum absolute atomic E-state index is 12.3. The van der Waals surface area contributed by atoms with Gasteiger partial charge in [-0.2, -0.15) is 0 Å². The Balaban J connectivity index is 0.00000361. The van der Waals surface area contributed by atoms with Gasteiger partial charge in [0.2, 0.25) is 15.9 Å². The highest BCUT2D eigenvalue weighted by atomic mass is 35.5. The Morgan fingerprint density at radius 3 is 2.15 bits per heavy atom. The zero-order chi connectivity index (χ0) is 14.8. The molecule has 20 heavy (non-hydrogen) atoms. The van der Waals surface area contributed by atoms with Crippen molar-refractivity contribution in [2.24, 2.45) is 11.1 Å². The summed E-state index contributed by atoms with van der Waals surface area (Å²) in [6, 6.07) is -0.558. The van der Waals surface area contributed by atoms with Crippen LogP contribution in [0.15, 0.2) is 0 Å². The largest absolute Gasteiger partial charge is 0.340 e. The molecular weight excluding hydrogens is 302 g/mol. The third-order valence-corrected chi connectivity index (χ3v) is 4.74. The summed E-state index contributed by atoms with van der Waals surface area (Å²) in [5.41, 5.74) is 5.68. The fourth-order valence-electron chi connectivity index (χ4n) is 2.01. The Kier molecular flexibility index (Phi) is 6.93. The number of sulfonamides is 1. The van der Waals surface area contributed by atoms with Crippen LogP contribution in [0.5, 0.6) is 0 Å². The summed E-state index contributed by atoms with van der Waals surface area (Å²) in [6.07, 6.45) is 1.85. The standard InChI is InChI=1S/C12H25N3O3S.ClH/c1-12(2,3)10(13)11(16)14-6-5-7-15(9-8-14)19(4,17)18;/h10H,5-9,13H2,1-4H3;1H/t10-;/m1./s1. The van der Waals surface area contributed by atoms with E-state index in [1.807, 2.05) is 20.8 Å². The maximum atomic E-state index is 12.3. The van der Waals surface area contributed by atoms with Crippen molar-refractivity contribution in [3.05, 3.63) is 0 Å². The van der Waals surface area contributed by atoms with E-state index in [9.17, 15) is 13.2 Å². The minimum Gasteiger partial charge on any atom is -0.340 e. The molecule has 0 unspecified atom stereocenters. The Labute approximate surface area is 128 Å². The monoisotopic (exact) mass is 327 g/mol. The zero-order valence-corrected chi connectivity index (χ0v) is 14.3. The molecule has 0 spiro atoms. The van der Waals surface area contributed by atoms with Gasteiger partial charge in [-0.05, 0) is 11.8 Å². The van der Waals surface area contributed by atoms with E-state index in [2.05, 4.69) is 0 Å². The van der Waals surface area contributed by atoms with Gasteiger partial charge in [0.15, 0.2) is 0 Å². The average molecular weight is 328 g/mol. The van der Waals surface area contributed by atoms with E-state index in [0.717, 1.165) is 0 Å². The van der Waals surface area contributed by atoms with Crippen molar-refractivity contribution in [2.75, 3.05) is 32.4 Å². The van der Waals surface area contributed by atoms with Crippen LogP contribution in [0.4, 0.5) is 0 Å². The van der Waals surface area contributed by atoms with Crippen molar-refractivity contribution in [1.29, 1.82) is 0 Å². The number of rotatable bonds is 2. The molecule has 1 atom stereocenters. The zero-order valence-electron chi connectivity index (χ0n) is 12.6. The summed E-state index contributed by atoms with van der Waals surface area (Å²) >= 11 is 0. The van der Waals surface area contributed by atoms with Crippen LogP contribution in [0.25, 0.3) is 0 Å². The highest BCUT2D eigenvalue weighted by Crippen LogP contribution is 2.20.